The van der Waals surface area contributed by atoms with Gasteiger partial charge in [0.05, 0.1) is 11.1 Å². The zero-order valence-corrected chi connectivity index (χ0v) is 16.0. The van der Waals surface area contributed by atoms with Gasteiger partial charge < -0.3 is 0 Å². The number of hydrogen-bond acceptors (Lipinski definition) is 4. The molecule has 17 heteroatoms. The van der Waals surface area contributed by atoms with E-state index in [-0.39, 0.29) is 29.5 Å². The van der Waals surface area contributed by atoms with E-state index in [9.17, 15) is 57.9 Å². The van der Waals surface area contributed by atoms with Crippen molar-refractivity contribution in [1.29, 1.82) is 0 Å². The molecule has 0 atom stereocenters. The van der Waals surface area contributed by atoms with Crippen LogP contribution in [0.3, 0.4) is 0 Å². The minimum Gasteiger partial charge on any atom is -0.298 e. The fourth-order valence-electron chi connectivity index (χ4n) is 2.11. The van der Waals surface area contributed by atoms with Crippen LogP contribution in [0.4, 0.5) is 53.4 Å². The van der Waals surface area contributed by atoms with Crippen LogP contribution in [0.25, 0.3) is 0 Å². The lowest BCUT2D eigenvalue weighted by atomic mass is 10.0. The SMILES string of the molecule is O=C(Nc1nc(C(F)(F)C(F)(F)F)c(C(=O)Cl)s1)c1cc(C(F)(F)F)cc(C(F)(F)F)c1. The molecule has 1 aromatic carbocycles. The molecule has 2 aromatic rings. The molecule has 0 bridgehead atoms. The van der Waals surface area contributed by atoms with Crippen LogP contribution in [-0.2, 0) is 18.3 Å². The Bertz CT molecular complexity index is 1020. The quantitative estimate of drug-likeness (QED) is 0.371. The third-order valence-electron chi connectivity index (χ3n) is 3.53. The topological polar surface area (TPSA) is 59.1 Å². The minimum atomic E-state index is -6.24. The highest BCUT2D eigenvalue weighted by Gasteiger charge is 2.62. The van der Waals surface area contributed by atoms with E-state index in [0.29, 0.717) is 0 Å². The van der Waals surface area contributed by atoms with Gasteiger partial charge in [0.25, 0.3) is 11.1 Å². The van der Waals surface area contributed by atoms with E-state index in [1.165, 1.54) is 5.32 Å². The Morgan fingerprint density at radius 3 is 1.69 bits per heavy atom. The fourth-order valence-corrected chi connectivity index (χ4v) is 3.14. The maximum Gasteiger partial charge on any atom is 0.459 e. The molecule has 0 aliphatic heterocycles. The van der Waals surface area contributed by atoms with Gasteiger partial charge in [-0.05, 0) is 29.8 Å². The summed E-state index contributed by atoms with van der Waals surface area (Å²) in [5.41, 5.74) is -7.26. The second kappa shape index (κ2) is 8.13. The van der Waals surface area contributed by atoms with Gasteiger partial charge in [-0.25, -0.2) is 4.98 Å². The number of nitrogens with zero attached hydrogens (tertiary/aromatic N) is 1. The molecular formula is C15H4ClF11N2O2S. The average Bonchev–Trinajstić information content (AvgIpc) is 3.03. The largest absolute Gasteiger partial charge is 0.459 e. The first kappa shape index (κ1) is 25.8. The van der Waals surface area contributed by atoms with Crippen LogP contribution in [0.5, 0.6) is 0 Å². The molecule has 0 saturated heterocycles. The summed E-state index contributed by atoms with van der Waals surface area (Å²) < 4.78 is 142. The molecule has 0 aliphatic rings. The molecule has 4 nitrogen and oxygen atoms in total. The number of alkyl halides is 11. The number of rotatable bonds is 4. The van der Waals surface area contributed by atoms with E-state index < -0.39 is 68.0 Å². The molecule has 32 heavy (non-hydrogen) atoms. The van der Waals surface area contributed by atoms with Crippen molar-refractivity contribution >= 4 is 39.2 Å². The van der Waals surface area contributed by atoms with E-state index in [4.69, 9.17) is 11.6 Å². The van der Waals surface area contributed by atoms with Gasteiger partial charge in [0.15, 0.2) is 5.13 Å². The smallest absolute Gasteiger partial charge is 0.298 e. The molecule has 0 aliphatic carbocycles. The van der Waals surface area contributed by atoms with Crippen molar-refractivity contribution in [2.24, 2.45) is 0 Å². The normalized spacial score (nSPS) is 13.2. The first-order valence-corrected chi connectivity index (χ1v) is 8.71. The van der Waals surface area contributed by atoms with Crippen LogP contribution in [-0.4, -0.2) is 22.3 Å². The zero-order valence-electron chi connectivity index (χ0n) is 14.4. The van der Waals surface area contributed by atoms with Gasteiger partial charge in [0.1, 0.15) is 10.6 Å². The molecule has 176 valence electrons. The summed E-state index contributed by atoms with van der Waals surface area (Å²) in [7, 11) is 0. The Morgan fingerprint density at radius 2 is 1.31 bits per heavy atom. The monoisotopic (exact) mass is 520 g/mol. The van der Waals surface area contributed by atoms with Crippen molar-refractivity contribution in [2.75, 3.05) is 5.32 Å². The van der Waals surface area contributed by atoms with Gasteiger partial charge in [-0.3, -0.25) is 14.9 Å². The summed E-state index contributed by atoms with van der Waals surface area (Å²) in [4.78, 5) is 24.6. The molecule has 0 fully saturated rings. The van der Waals surface area contributed by atoms with Gasteiger partial charge in [-0.2, -0.15) is 48.3 Å². The highest BCUT2D eigenvalue weighted by atomic mass is 35.5. The lowest BCUT2D eigenvalue weighted by Crippen LogP contribution is -2.35. The van der Waals surface area contributed by atoms with E-state index >= 15 is 0 Å². The third kappa shape index (κ3) is 5.28. The Labute approximate surface area is 178 Å². The van der Waals surface area contributed by atoms with Gasteiger partial charge in [-0.1, -0.05) is 11.3 Å². The number of hydrogen-bond donors (Lipinski definition) is 1. The first-order valence-electron chi connectivity index (χ1n) is 7.51. The van der Waals surface area contributed by atoms with Crippen LogP contribution in [0, 0.1) is 0 Å². The number of halogens is 12. The Hall–Kier alpha value is -2.49. The van der Waals surface area contributed by atoms with Gasteiger partial charge in [-0.15, -0.1) is 0 Å². The molecule has 1 aromatic heterocycles. The van der Waals surface area contributed by atoms with Gasteiger partial charge in [0.2, 0.25) is 0 Å². The molecule has 0 saturated carbocycles. The summed E-state index contributed by atoms with van der Waals surface area (Å²) in [6.45, 7) is 0. The van der Waals surface area contributed by atoms with Crippen molar-refractivity contribution in [3.05, 3.63) is 45.5 Å². The number of carbonyl (C=O) groups excluding carboxylic acids is 2. The summed E-state index contributed by atoms with van der Waals surface area (Å²) in [6, 6.07) is -0.333. The van der Waals surface area contributed by atoms with E-state index in [2.05, 4.69) is 4.98 Å². The number of amides is 1. The highest BCUT2D eigenvalue weighted by molar-refractivity contribution is 7.19. The third-order valence-corrected chi connectivity index (χ3v) is 4.80. The lowest BCUT2D eigenvalue weighted by molar-refractivity contribution is -0.290. The zero-order chi connectivity index (χ0) is 24.9. The van der Waals surface area contributed by atoms with Crippen molar-refractivity contribution < 1.29 is 57.9 Å². The lowest BCUT2D eigenvalue weighted by Gasteiger charge is -2.18. The van der Waals surface area contributed by atoms with Crippen LogP contribution >= 0.6 is 22.9 Å². The maximum absolute atomic E-state index is 13.6. The molecule has 1 heterocycles. The Kier molecular flexibility index (Phi) is 6.55. The van der Waals surface area contributed by atoms with Crippen molar-refractivity contribution in [2.45, 2.75) is 24.5 Å². The van der Waals surface area contributed by atoms with Crippen molar-refractivity contribution in [3.63, 3.8) is 0 Å². The number of aromatic nitrogens is 1. The highest BCUT2D eigenvalue weighted by Crippen LogP contribution is 2.47. The number of benzene rings is 1. The summed E-state index contributed by atoms with van der Waals surface area (Å²) >= 11 is 4.65. The van der Waals surface area contributed by atoms with Gasteiger partial charge in [0, 0.05) is 5.56 Å². The summed E-state index contributed by atoms with van der Waals surface area (Å²) in [5.74, 6) is -7.49. The van der Waals surface area contributed by atoms with Gasteiger partial charge >= 0.3 is 24.5 Å². The fraction of sp³-hybridized carbons (Fsp3) is 0.267. The van der Waals surface area contributed by atoms with E-state index in [1.54, 1.807) is 0 Å². The van der Waals surface area contributed by atoms with Crippen LogP contribution in [0.1, 0.15) is 36.9 Å². The second-order valence-corrected chi connectivity index (χ2v) is 7.13. The average molecular weight is 521 g/mol. The number of thiazole rings is 1. The standard InChI is InChI=1S/C15H4ClF11N2O2S/c16-9(30)7-8(12(17,18)15(25,26)27)28-11(32-7)29-10(31)4-1-5(13(19,20)21)3-6(2-4)14(22,23)24/h1-3H,(H,28,29,31). The Morgan fingerprint density at radius 1 is 0.844 bits per heavy atom. The van der Waals surface area contributed by atoms with Crippen LogP contribution < -0.4 is 5.32 Å². The molecule has 1 amide bonds. The summed E-state index contributed by atoms with van der Waals surface area (Å²) in [6.07, 6.45) is -16.9. The van der Waals surface area contributed by atoms with Crippen LogP contribution in [0.2, 0.25) is 0 Å². The number of nitrogens with one attached hydrogen (secondary N) is 1. The minimum absolute atomic E-state index is 0.0168. The Balaban J connectivity index is 2.52. The molecule has 0 radical (unpaired) electrons. The van der Waals surface area contributed by atoms with Crippen molar-refractivity contribution in [3.8, 4) is 0 Å². The van der Waals surface area contributed by atoms with E-state index in [0.717, 1.165) is 0 Å². The predicted molar refractivity (Wildman–Crippen MR) is 86.6 cm³/mol. The summed E-state index contributed by atoms with van der Waals surface area (Å²) in [5, 5.41) is -1.52. The number of carbonyl (C=O) groups is 2. The van der Waals surface area contributed by atoms with E-state index in [1.807, 2.05) is 0 Å². The molecule has 0 unspecified atom stereocenters. The first-order chi connectivity index (χ1) is 14.2. The molecule has 1 N–H and O–H groups in total. The molecule has 2 rings (SSSR count). The predicted octanol–water partition coefficient (Wildman–Crippen LogP) is 6.47. The van der Waals surface area contributed by atoms with Crippen molar-refractivity contribution in [1.82, 2.24) is 4.98 Å². The molecule has 0 spiro atoms. The molecular weight excluding hydrogens is 517 g/mol. The second-order valence-electron chi connectivity index (χ2n) is 5.79. The van der Waals surface area contributed by atoms with Crippen LogP contribution in [0.15, 0.2) is 18.2 Å². The maximum atomic E-state index is 13.6. The number of anilines is 1.